The predicted octanol–water partition coefficient (Wildman–Crippen LogP) is 4.73. The molecule has 1 aliphatic rings. The molecule has 1 rings (SSSR count). The van der Waals surface area contributed by atoms with Gasteiger partial charge in [0.25, 0.3) is 0 Å². The highest BCUT2D eigenvalue weighted by Crippen LogP contribution is 2.59. The largest absolute Gasteiger partial charge is 0.159 e. The van der Waals surface area contributed by atoms with Crippen LogP contribution < -0.4 is 0 Å². The van der Waals surface area contributed by atoms with E-state index in [0.717, 1.165) is 0 Å². The van der Waals surface area contributed by atoms with E-state index in [9.17, 15) is 0 Å². The van der Waals surface area contributed by atoms with Crippen molar-refractivity contribution in [2.45, 2.75) is 65.0 Å². The van der Waals surface area contributed by atoms with Crippen molar-refractivity contribution in [1.29, 1.82) is 0 Å². The van der Waals surface area contributed by atoms with Crippen LogP contribution >= 0.6 is 11.8 Å². The van der Waals surface area contributed by atoms with Gasteiger partial charge < -0.3 is 0 Å². The molecule has 14 heavy (non-hydrogen) atoms. The van der Waals surface area contributed by atoms with E-state index in [2.05, 4.69) is 52.6 Å². The molecule has 84 valence electrons. The Labute approximate surface area is 94.2 Å². The van der Waals surface area contributed by atoms with E-state index in [4.69, 9.17) is 0 Å². The first-order chi connectivity index (χ1) is 6.22. The summed E-state index contributed by atoms with van der Waals surface area (Å²) in [6, 6.07) is 0. The minimum absolute atomic E-state index is 0.457. The summed E-state index contributed by atoms with van der Waals surface area (Å²) >= 11 is 2.05. The third-order valence-corrected chi connectivity index (χ3v) is 5.42. The Morgan fingerprint density at radius 1 is 1.07 bits per heavy atom. The zero-order valence-electron chi connectivity index (χ0n) is 10.7. The molecule has 0 atom stereocenters. The molecule has 0 unspecified atom stereocenters. The number of hydrogen-bond acceptors (Lipinski definition) is 1. The molecule has 1 saturated carbocycles. The van der Waals surface area contributed by atoms with Gasteiger partial charge >= 0.3 is 0 Å². The normalized spacial score (nSPS) is 21.9. The third-order valence-electron chi connectivity index (χ3n) is 3.97. The molecule has 0 saturated heterocycles. The standard InChI is InChI=1S/C13H26S/c1-11(2,3)10-13(8-7-9-13)12(4,5)14-6/h7-10H2,1-6H3. The van der Waals surface area contributed by atoms with Crippen molar-refractivity contribution in [1.82, 2.24) is 0 Å². The van der Waals surface area contributed by atoms with E-state index in [1.807, 2.05) is 0 Å². The average molecular weight is 214 g/mol. The Balaban J connectivity index is 2.77. The second-order valence-corrected chi connectivity index (χ2v) is 8.01. The van der Waals surface area contributed by atoms with Crippen LogP contribution in [0.25, 0.3) is 0 Å². The molecule has 0 spiro atoms. The first kappa shape index (κ1) is 12.4. The summed E-state index contributed by atoms with van der Waals surface area (Å²) < 4.78 is 0.457. The van der Waals surface area contributed by atoms with Crippen LogP contribution in [0.3, 0.4) is 0 Å². The van der Waals surface area contributed by atoms with E-state index in [-0.39, 0.29) is 0 Å². The van der Waals surface area contributed by atoms with Gasteiger partial charge in [0.15, 0.2) is 0 Å². The van der Waals surface area contributed by atoms with Gasteiger partial charge in [-0.2, -0.15) is 11.8 Å². The maximum atomic E-state index is 2.43. The van der Waals surface area contributed by atoms with Gasteiger partial charge in [0, 0.05) is 4.75 Å². The highest BCUT2D eigenvalue weighted by Gasteiger charge is 2.50. The minimum atomic E-state index is 0.457. The summed E-state index contributed by atoms with van der Waals surface area (Å²) in [5, 5.41) is 0. The lowest BCUT2D eigenvalue weighted by molar-refractivity contribution is 0.0373. The second kappa shape index (κ2) is 3.73. The van der Waals surface area contributed by atoms with Crippen LogP contribution in [-0.4, -0.2) is 11.0 Å². The zero-order chi connectivity index (χ0) is 11.0. The molecule has 1 heteroatoms. The van der Waals surface area contributed by atoms with Crippen molar-refractivity contribution >= 4 is 11.8 Å². The SMILES string of the molecule is CSC(C)(C)C1(CC(C)(C)C)CCC1. The van der Waals surface area contributed by atoms with Crippen LogP contribution in [0.5, 0.6) is 0 Å². The van der Waals surface area contributed by atoms with Crippen molar-refractivity contribution in [2.24, 2.45) is 10.8 Å². The van der Waals surface area contributed by atoms with E-state index >= 15 is 0 Å². The van der Waals surface area contributed by atoms with Crippen LogP contribution in [0, 0.1) is 10.8 Å². The second-order valence-electron chi connectivity index (χ2n) is 6.59. The van der Waals surface area contributed by atoms with Gasteiger partial charge in [-0.1, -0.05) is 41.0 Å². The molecule has 0 radical (unpaired) electrons. The fraction of sp³-hybridized carbons (Fsp3) is 1.00. The summed E-state index contributed by atoms with van der Waals surface area (Å²) in [7, 11) is 0. The lowest BCUT2D eigenvalue weighted by Crippen LogP contribution is -2.48. The fourth-order valence-electron chi connectivity index (χ4n) is 2.83. The zero-order valence-corrected chi connectivity index (χ0v) is 11.6. The van der Waals surface area contributed by atoms with Gasteiger partial charge in [0.1, 0.15) is 0 Å². The molecule has 0 aromatic rings. The molecular formula is C13H26S. The molecule has 0 nitrogen and oxygen atoms in total. The first-order valence-electron chi connectivity index (χ1n) is 5.78. The van der Waals surface area contributed by atoms with E-state index in [1.54, 1.807) is 0 Å². The monoisotopic (exact) mass is 214 g/mol. The average Bonchev–Trinajstić information content (AvgIpc) is 1.95. The molecule has 0 bridgehead atoms. The Bertz CT molecular complexity index is 194. The highest BCUT2D eigenvalue weighted by atomic mass is 32.2. The van der Waals surface area contributed by atoms with Crippen molar-refractivity contribution in [3.05, 3.63) is 0 Å². The molecular weight excluding hydrogens is 188 g/mol. The Morgan fingerprint density at radius 3 is 1.79 bits per heavy atom. The molecule has 0 heterocycles. The van der Waals surface area contributed by atoms with Crippen LogP contribution in [0.1, 0.15) is 60.3 Å². The lowest BCUT2D eigenvalue weighted by atomic mass is 9.56. The van der Waals surface area contributed by atoms with Crippen LogP contribution in [-0.2, 0) is 0 Å². The van der Waals surface area contributed by atoms with Gasteiger partial charge in [-0.3, -0.25) is 0 Å². The quantitative estimate of drug-likeness (QED) is 0.654. The van der Waals surface area contributed by atoms with Gasteiger partial charge in [-0.05, 0) is 36.3 Å². The van der Waals surface area contributed by atoms with E-state index in [0.29, 0.717) is 15.6 Å². The molecule has 0 amide bonds. The number of hydrogen-bond donors (Lipinski definition) is 0. The lowest BCUT2D eigenvalue weighted by Gasteiger charge is -2.55. The van der Waals surface area contributed by atoms with Crippen molar-refractivity contribution < 1.29 is 0 Å². The molecule has 0 aliphatic heterocycles. The minimum Gasteiger partial charge on any atom is -0.159 e. The molecule has 0 N–H and O–H groups in total. The predicted molar refractivity (Wildman–Crippen MR) is 68.0 cm³/mol. The smallest absolute Gasteiger partial charge is 0.0157 e. The fourth-order valence-corrected chi connectivity index (χ4v) is 3.54. The topological polar surface area (TPSA) is 0 Å². The summed E-state index contributed by atoms with van der Waals surface area (Å²) in [5.74, 6) is 0. The van der Waals surface area contributed by atoms with Gasteiger partial charge in [0.2, 0.25) is 0 Å². The molecule has 1 fully saturated rings. The Kier molecular flexibility index (Phi) is 3.31. The van der Waals surface area contributed by atoms with Crippen LogP contribution in [0.4, 0.5) is 0 Å². The number of thioether (sulfide) groups is 1. The summed E-state index contributed by atoms with van der Waals surface area (Å²) in [4.78, 5) is 0. The summed E-state index contributed by atoms with van der Waals surface area (Å²) in [5.41, 5.74) is 1.10. The van der Waals surface area contributed by atoms with E-state index < -0.39 is 0 Å². The molecule has 0 aromatic heterocycles. The first-order valence-corrected chi connectivity index (χ1v) is 7.00. The van der Waals surface area contributed by atoms with Gasteiger partial charge in [0.05, 0.1) is 0 Å². The summed E-state index contributed by atoms with van der Waals surface area (Å²) in [6.07, 6.45) is 7.98. The maximum Gasteiger partial charge on any atom is 0.0157 e. The Hall–Kier alpha value is 0.350. The van der Waals surface area contributed by atoms with E-state index in [1.165, 1.54) is 25.7 Å². The van der Waals surface area contributed by atoms with Crippen LogP contribution in [0.2, 0.25) is 0 Å². The van der Waals surface area contributed by atoms with Gasteiger partial charge in [-0.15, -0.1) is 0 Å². The number of rotatable bonds is 3. The third kappa shape index (κ3) is 2.29. The summed E-state index contributed by atoms with van der Waals surface area (Å²) in [6.45, 7) is 12.0. The van der Waals surface area contributed by atoms with Crippen molar-refractivity contribution in [3.8, 4) is 0 Å². The van der Waals surface area contributed by atoms with Crippen LogP contribution in [0.15, 0.2) is 0 Å². The molecule has 0 aromatic carbocycles. The van der Waals surface area contributed by atoms with Crippen molar-refractivity contribution in [3.63, 3.8) is 0 Å². The van der Waals surface area contributed by atoms with Crippen molar-refractivity contribution in [2.75, 3.05) is 6.26 Å². The maximum absolute atomic E-state index is 2.43. The molecule has 1 aliphatic carbocycles. The Morgan fingerprint density at radius 2 is 1.57 bits per heavy atom. The van der Waals surface area contributed by atoms with Gasteiger partial charge in [-0.25, -0.2) is 0 Å². The highest BCUT2D eigenvalue weighted by molar-refractivity contribution is 8.00.